The number of thiazole rings is 1. The van der Waals surface area contributed by atoms with Crippen LogP contribution >= 0.6 is 11.3 Å². The Morgan fingerprint density at radius 3 is 3.22 bits per heavy atom. The minimum absolute atomic E-state index is 0.334. The van der Waals surface area contributed by atoms with Gasteiger partial charge in [-0.1, -0.05) is 0 Å². The van der Waals surface area contributed by atoms with Gasteiger partial charge in [0, 0.05) is 18.3 Å². The molecule has 2 aromatic rings. The number of hydrogen-bond acceptors (Lipinski definition) is 7. The van der Waals surface area contributed by atoms with E-state index in [1.165, 1.54) is 24.8 Å². The van der Waals surface area contributed by atoms with Crippen LogP contribution < -0.4 is 5.32 Å². The minimum atomic E-state index is -0.416. The highest BCUT2D eigenvalue weighted by atomic mass is 32.1. The summed E-state index contributed by atoms with van der Waals surface area (Å²) < 4.78 is 4.58. The molecule has 0 aliphatic rings. The van der Waals surface area contributed by atoms with E-state index in [-0.39, 0.29) is 0 Å². The van der Waals surface area contributed by atoms with Gasteiger partial charge in [-0.05, 0) is 6.42 Å². The number of aryl methyl sites for hydroxylation is 1. The summed E-state index contributed by atoms with van der Waals surface area (Å²) in [6.45, 7) is 0.759. The third kappa shape index (κ3) is 3.27. The quantitative estimate of drug-likeness (QED) is 0.601. The van der Waals surface area contributed by atoms with Crippen LogP contribution in [0.3, 0.4) is 0 Å². The molecular weight excluding hydrogens is 254 g/mol. The van der Waals surface area contributed by atoms with Crippen molar-refractivity contribution >= 4 is 22.4 Å². The number of rotatable bonds is 6. The fourth-order valence-corrected chi connectivity index (χ4v) is 2.06. The van der Waals surface area contributed by atoms with Crippen LogP contribution in [0, 0.1) is 0 Å². The van der Waals surface area contributed by atoms with Crippen LogP contribution in [0.25, 0.3) is 0 Å². The number of nitrogens with one attached hydrogen (secondary N) is 2. The Morgan fingerprint density at radius 2 is 2.50 bits per heavy atom. The molecule has 0 aromatic carbocycles. The highest BCUT2D eigenvalue weighted by Crippen LogP contribution is 2.15. The van der Waals surface area contributed by atoms with E-state index in [9.17, 15) is 4.79 Å². The topological polar surface area (TPSA) is 92.8 Å². The van der Waals surface area contributed by atoms with Crippen LogP contribution in [-0.2, 0) is 11.2 Å². The Balaban J connectivity index is 1.73. The Bertz CT molecular complexity index is 496. The lowest BCUT2D eigenvalue weighted by molar-refractivity contribution is 0.0595. The van der Waals surface area contributed by atoms with Crippen LogP contribution in [0.15, 0.2) is 11.7 Å². The summed E-state index contributed by atoms with van der Waals surface area (Å²) in [4.78, 5) is 19.3. The number of carbonyl (C=O) groups excluding carboxylic acids is 1. The summed E-state index contributed by atoms with van der Waals surface area (Å²) in [6, 6.07) is 0. The lowest BCUT2D eigenvalue weighted by Gasteiger charge is -2.00. The standard InChI is InChI=1S/C10H13N5O2S/c1-17-9(16)7-5-18-10(14-7)11-4-2-3-8-12-6-13-15-8/h5-6H,2-4H2,1H3,(H,11,14)(H,12,13,15). The number of anilines is 1. The largest absolute Gasteiger partial charge is 0.464 e. The number of carbonyl (C=O) groups is 1. The number of H-pyrrole nitrogens is 1. The number of aromatic amines is 1. The third-order valence-electron chi connectivity index (χ3n) is 2.23. The zero-order valence-corrected chi connectivity index (χ0v) is 10.7. The molecule has 0 unspecified atom stereocenters. The zero-order chi connectivity index (χ0) is 12.8. The first-order valence-electron chi connectivity index (χ1n) is 5.41. The molecule has 0 amide bonds. The summed E-state index contributed by atoms with van der Waals surface area (Å²) in [5.41, 5.74) is 0.334. The van der Waals surface area contributed by atoms with E-state index in [0.717, 1.165) is 25.2 Å². The maximum Gasteiger partial charge on any atom is 0.357 e. The van der Waals surface area contributed by atoms with Gasteiger partial charge in [-0.15, -0.1) is 11.3 Å². The molecule has 8 heteroatoms. The molecule has 96 valence electrons. The van der Waals surface area contributed by atoms with E-state index in [1.54, 1.807) is 5.38 Å². The monoisotopic (exact) mass is 267 g/mol. The molecule has 7 nitrogen and oxygen atoms in total. The van der Waals surface area contributed by atoms with Gasteiger partial charge in [-0.3, -0.25) is 5.10 Å². The molecule has 0 atom stereocenters. The molecule has 0 spiro atoms. The summed E-state index contributed by atoms with van der Waals surface area (Å²) >= 11 is 1.38. The average molecular weight is 267 g/mol. The second-order valence-electron chi connectivity index (χ2n) is 3.49. The van der Waals surface area contributed by atoms with E-state index in [1.807, 2.05) is 0 Å². The number of aromatic nitrogens is 4. The molecule has 2 aromatic heterocycles. The van der Waals surface area contributed by atoms with Crippen molar-refractivity contribution in [1.82, 2.24) is 20.2 Å². The molecule has 0 radical (unpaired) electrons. The first kappa shape index (κ1) is 12.5. The lowest BCUT2D eigenvalue weighted by atomic mass is 10.3. The molecule has 2 rings (SSSR count). The SMILES string of the molecule is COC(=O)c1csc(NCCCc2ncn[nH]2)n1. The lowest BCUT2D eigenvalue weighted by Crippen LogP contribution is -2.05. The van der Waals surface area contributed by atoms with Gasteiger partial charge in [0.2, 0.25) is 0 Å². The third-order valence-corrected chi connectivity index (χ3v) is 3.03. The molecule has 0 saturated carbocycles. The van der Waals surface area contributed by atoms with Gasteiger partial charge in [-0.25, -0.2) is 14.8 Å². The van der Waals surface area contributed by atoms with Gasteiger partial charge in [0.15, 0.2) is 10.8 Å². The zero-order valence-electron chi connectivity index (χ0n) is 9.84. The van der Waals surface area contributed by atoms with Crippen LogP contribution in [0.1, 0.15) is 22.7 Å². The van der Waals surface area contributed by atoms with Crippen LogP contribution in [0.5, 0.6) is 0 Å². The van der Waals surface area contributed by atoms with Crippen molar-refractivity contribution in [2.24, 2.45) is 0 Å². The highest BCUT2D eigenvalue weighted by molar-refractivity contribution is 7.13. The maximum atomic E-state index is 11.2. The van der Waals surface area contributed by atoms with Gasteiger partial charge in [0.25, 0.3) is 0 Å². The summed E-state index contributed by atoms with van der Waals surface area (Å²) in [7, 11) is 1.34. The van der Waals surface area contributed by atoms with Crippen molar-refractivity contribution < 1.29 is 9.53 Å². The second-order valence-corrected chi connectivity index (χ2v) is 4.35. The molecule has 0 bridgehead atoms. The van der Waals surface area contributed by atoms with Gasteiger partial charge in [0.05, 0.1) is 7.11 Å². The van der Waals surface area contributed by atoms with Crippen molar-refractivity contribution in [3.63, 3.8) is 0 Å². The van der Waals surface area contributed by atoms with Crippen molar-refractivity contribution in [2.75, 3.05) is 19.0 Å². The van der Waals surface area contributed by atoms with Gasteiger partial charge >= 0.3 is 5.97 Å². The number of hydrogen-bond donors (Lipinski definition) is 2. The van der Waals surface area contributed by atoms with Crippen molar-refractivity contribution in [2.45, 2.75) is 12.8 Å². The Kier molecular flexibility index (Phi) is 4.24. The fourth-order valence-electron chi connectivity index (χ4n) is 1.36. The van der Waals surface area contributed by atoms with E-state index in [0.29, 0.717) is 10.8 Å². The predicted molar refractivity (Wildman–Crippen MR) is 66.6 cm³/mol. The van der Waals surface area contributed by atoms with E-state index >= 15 is 0 Å². The second kappa shape index (κ2) is 6.10. The summed E-state index contributed by atoms with van der Waals surface area (Å²) in [5.74, 6) is 0.451. The normalized spacial score (nSPS) is 10.3. The fraction of sp³-hybridized carbons (Fsp3) is 0.400. The first-order valence-corrected chi connectivity index (χ1v) is 6.29. The first-order chi connectivity index (χ1) is 8.79. The number of nitrogens with zero attached hydrogens (tertiary/aromatic N) is 3. The van der Waals surface area contributed by atoms with E-state index in [4.69, 9.17) is 0 Å². The molecule has 2 heterocycles. The summed E-state index contributed by atoms with van der Waals surface area (Å²) in [5, 5.41) is 12.1. The molecule has 0 aliphatic heterocycles. The van der Waals surface area contributed by atoms with Crippen molar-refractivity contribution in [1.29, 1.82) is 0 Å². The Labute approximate surface area is 108 Å². The number of ether oxygens (including phenoxy) is 1. The van der Waals surface area contributed by atoms with Crippen LogP contribution in [0.4, 0.5) is 5.13 Å². The number of methoxy groups -OCH3 is 1. The Hall–Kier alpha value is -1.96. The summed E-state index contributed by atoms with van der Waals surface area (Å²) in [6.07, 6.45) is 3.22. The molecule has 0 fully saturated rings. The highest BCUT2D eigenvalue weighted by Gasteiger charge is 2.09. The smallest absolute Gasteiger partial charge is 0.357 e. The Morgan fingerprint density at radius 1 is 1.61 bits per heavy atom. The molecule has 0 aliphatic carbocycles. The molecule has 18 heavy (non-hydrogen) atoms. The molecular formula is C10H13N5O2S. The van der Waals surface area contributed by atoms with Crippen molar-refractivity contribution in [3.05, 3.63) is 23.2 Å². The predicted octanol–water partition coefficient (Wildman–Crippen LogP) is 1.09. The van der Waals surface area contributed by atoms with E-state index < -0.39 is 5.97 Å². The van der Waals surface area contributed by atoms with Crippen LogP contribution in [0.2, 0.25) is 0 Å². The van der Waals surface area contributed by atoms with E-state index in [2.05, 4.69) is 30.2 Å². The van der Waals surface area contributed by atoms with Gasteiger partial charge < -0.3 is 10.1 Å². The van der Waals surface area contributed by atoms with Crippen LogP contribution in [-0.4, -0.2) is 39.8 Å². The average Bonchev–Trinajstić information content (AvgIpc) is 3.05. The molecule has 0 saturated heterocycles. The van der Waals surface area contributed by atoms with Gasteiger partial charge in [0.1, 0.15) is 12.2 Å². The van der Waals surface area contributed by atoms with Gasteiger partial charge in [-0.2, -0.15) is 5.10 Å². The minimum Gasteiger partial charge on any atom is -0.464 e. The van der Waals surface area contributed by atoms with Crippen molar-refractivity contribution in [3.8, 4) is 0 Å². The number of esters is 1. The maximum absolute atomic E-state index is 11.2. The molecule has 2 N–H and O–H groups in total.